The van der Waals surface area contributed by atoms with Crippen molar-refractivity contribution in [2.24, 2.45) is 35.1 Å². The molecule has 106 valence electrons. The molecule has 2 saturated carbocycles. The van der Waals surface area contributed by atoms with Gasteiger partial charge in [0, 0.05) is 12.1 Å². The number of hydrogen-bond donors (Lipinski definition) is 2. The molecular weight excluding hydrogens is 220 g/mol. The maximum atomic E-state index is 6.15. The van der Waals surface area contributed by atoms with E-state index >= 15 is 0 Å². The Kier molecular flexibility index (Phi) is 5.08. The number of nitrogens with two attached hydrogens (primary N) is 2. The summed E-state index contributed by atoms with van der Waals surface area (Å²) >= 11 is 0. The lowest BCUT2D eigenvalue weighted by atomic mass is 9.74. The van der Waals surface area contributed by atoms with Crippen molar-refractivity contribution in [1.29, 1.82) is 0 Å². The van der Waals surface area contributed by atoms with E-state index in [-0.39, 0.29) is 0 Å². The van der Waals surface area contributed by atoms with Crippen molar-refractivity contribution in [3.63, 3.8) is 0 Å². The molecule has 4 N–H and O–H groups in total. The fourth-order valence-electron chi connectivity index (χ4n) is 4.43. The summed E-state index contributed by atoms with van der Waals surface area (Å²) in [6.45, 7) is 4.80. The average Bonchev–Trinajstić information content (AvgIpc) is 2.70. The Morgan fingerprint density at radius 3 is 2.17 bits per heavy atom. The van der Waals surface area contributed by atoms with Gasteiger partial charge in [0.2, 0.25) is 0 Å². The van der Waals surface area contributed by atoms with Gasteiger partial charge in [0.25, 0.3) is 0 Å². The van der Waals surface area contributed by atoms with Gasteiger partial charge in [-0.2, -0.15) is 0 Å². The van der Waals surface area contributed by atoms with Gasteiger partial charge < -0.3 is 11.5 Å². The van der Waals surface area contributed by atoms with Crippen molar-refractivity contribution in [2.75, 3.05) is 0 Å². The van der Waals surface area contributed by atoms with E-state index in [1.54, 1.807) is 0 Å². The van der Waals surface area contributed by atoms with Gasteiger partial charge in [0.1, 0.15) is 0 Å². The van der Waals surface area contributed by atoms with Crippen LogP contribution in [0.2, 0.25) is 0 Å². The van der Waals surface area contributed by atoms with Crippen LogP contribution in [0, 0.1) is 23.7 Å². The zero-order valence-electron chi connectivity index (χ0n) is 12.3. The normalized spacial score (nSPS) is 43.0. The van der Waals surface area contributed by atoms with Crippen LogP contribution in [0.15, 0.2) is 0 Å². The lowest BCUT2D eigenvalue weighted by Crippen LogP contribution is -2.29. The second-order valence-corrected chi connectivity index (χ2v) is 7.05. The molecule has 0 bridgehead atoms. The highest BCUT2D eigenvalue weighted by molar-refractivity contribution is 4.87. The fraction of sp³-hybridized carbons (Fsp3) is 1.00. The molecule has 18 heavy (non-hydrogen) atoms. The molecule has 2 rings (SSSR count). The van der Waals surface area contributed by atoms with E-state index in [0.29, 0.717) is 12.1 Å². The molecule has 2 nitrogen and oxygen atoms in total. The summed E-state index contributed by atoms with van der Waals surface area (Å²) in [5.41, 5.74) is 12.2. The fourth-order valence-corrected chi connectivity index (χ4v) is 4.43. The summed E-state index contributed by atoms with van der Waals surface area (Å²) in [5.74, 6) is 3.60. The van der Waals surface area contributed by atoms with E-state index < -0.39 is 0 Å². The van der Waals surface area contributed by atoms with Gasteiger partial charge >= 0.3 is 0 Å². The highest BCUT2D eigenvalue weighted by Gasteiger charge is 2.34. The van der Waals surface area contributed by atoms with Gasteiger partial charge in [-0.25, -0.2) is 0 Å². The molecular formula is C16H32N2. The van der Waals surface area contributed by atoms with E-state index in [2.05, 4.69) is 13.8 Å². The Morgan fingerprint density at radius 1 is 0.944 bits per heavy atom. The molecule has 0 spiro atoms. The van der Waals surface area contributed by atoms with E-state index in [1.165, 1.54) is 51.4 Å². The largest absolute Gasteiger partial charge is 0.328 e. The molecule has 2 aliphatic carbocycles. The summed E-state index contributed by atoms with van der Waals surface area (Å²) in [4.78, 5) is 0. The Hall–Kier alpha value is -0.0800. The molecule has 0 aromatic rings. The highest BCUT2D eigenvalue weighted by atomic mass is 14.7. The third-order valence-electron chi connectivity index (χ3n) is 5.70. The SMILES string of the molecule is CC[C@@H]1C[C@H](N)CC1CC(C)C1CCC(N)CC1. The van der Waals surface area contributed by atoms with E-state index in [9.17, 15) is 0 Å². The summed E-state index contributed by atoms with van der Waals surface area (Å²) in [6.07, 6.45) is 10.5. The van der Waals surface area contributed by atoms with Crippen molar-refractivity contribution in [3.05, 3.63) is 0 Å². The first kappa shape index (κ1) is 14.3. The molecule has 2 aliphatic rings. The van der Waals surface area contributed by atoms with Gasteiger partial charge in [0.05, 0.1) is 0 Å². The zero-order valence-corrected chi connectivity index (χ0v) is 12.3. The van der Waals surface area contributed by atoms with Crippen LogP contribution in [0.3, 0.4) is 0 Å². The summed E-state index contributed by atoms with van der Waals surface area (Å²) in [6, 6.07) is 0.962. The minimum absolute atomic E-state index is 0.479. The molecule has 0 saturated heterocycles. The van der Waals surface area contributed by atoms with Crippen LogP contribution in [-0.2, 0) is 0 Å². The Balaban J connectivity index is 1.81. The summed E-state index contributed by atoms with van der Waals surface area (Å²) < 4.78 is 0. The lowest BCUT2D eigenvalue weighted by Gasteiger charge is -2.33. The highest BCUT2D eigenvalue weighted by Crippen LogP contribution is 2.41. The van der Waals surface area contributed by atoms with Crippen molar-refractivity contribution in [2.45, 2.75) is 77.3 Å². The third kappa shape index (κ3) is 3.48. The van der Waals surface area contributed by atoms with Crippen LogP contribution < -0.4 is 11.5 Å². The molecule has 0 aliphatic heterocycles. The van der Waals surface area contributed by atoms with Crippen molar-refractivity contribution in [1.82, 2.24) is 0 Å². The minimum Gasteiger partial charge on any atom is -0.328 e. The Bertz CT molecular complexity index is 245. The van der Waals surface area contributed by atoms with Gasteiger partial charge in [-0.05, 0) is 68.6 Å². The molecule has 4 atom stereocenters. The molecule has 0 heterocycles. The molecule has 0 aromatic heterocycles. The molecule has 2 heteroatoms. The van der Waals surface area contributed by atoms with Crippen LogP contribution in [0.25, 0.3) is 0 Å². The van der Waals surface area contributed by atoms with Gasteiger partial charge in [0.15, 0.2) is 0 Å². The predicted octanol–water partition coefficient (Wildman–Crippen LogP) is 3.29. The average molecular weight is 252 g/mol. The molecule has 0 aromatic carbocycles. The number of rotatable bonds is 4. The maximum Gasteiger partial charge on any atom is 0.00443 e. The van der Waals surface area contributed by atoms with Crippen LogP contribution in [0.5, 0.6) is 0 Å². The lowest BCUT2D eigenvalue weighted by molar-refractivity contribution is 0.196. The predicted molar refractivity (Wildman–Crippen MR) is 78.2 cm³/mol. The van der Waals surface area contributed by atoms with Gasteiger partial charge in [-0.15, -0.1) is 0 Å². The van der Waals surface area contributed by atoms with Crippen molar-refractivity contribution < 1.29 is 0 Å². The summed E-state index contributed by atoms with van der Waals surface area (Å²) in [7, 11) is 0. The van der Waals surface area contributed by atoms with Crippen LogP contribution in [0.1, 0.15) is 65.2 Å². The topological polar surface area (TPSA) is 52.0 Å². The Labute approximate surface area is 113 Å². The third-order valence-corrected chi connectivity index (χ3v) is 5.70. The quantitative estimate of drug-likeness (QED) is 0.806. The Morgan fingerprint density at radius 2 is 1.56 bits per heavy atom. The van der Waals surface area contributed by atoms with Crippen molar-refractivity contribution in [3.8, 4) is 0 Å². The molecule has 2 fully saturated rings. The maximum absolute atomic E-state index is 6.15. The smallest absolute Gasteiger partial charge is 0.00443 e. The zero-order chi connectivity index (χ0) is 13.1. The van der Waals surface area contributed by atoms with Gasteiger partial charge in [-0.3, -0.25) is 0 Å². The van der Waals surface area contributed by atoms with E-state index in [1.807, 2.05) is 0 Å². The van der Waals surface area contributed by atoms with Crippen molar-refractivity contribution >= 4 is 0 Å². The minimum atomic E-state index is 0.479. The molecule has 2 unspecified atom stereocenters. The first-order valence-corrected chi connectivity index (χ1v) is 8.11. The van der Waals surface area contributed by atoms with Crippen LogP contribution in [0.4, 0.5) is 0 Å². The van der Waals surface area contributed by atoms with Gasteiger partial charge in [-0.1, -0.05) is 20.3 Å². The van der Waals surface area contributed by atoms with E-state index in [4.69, 9.17) is 11.5 Å². The van der Waals surface area contributed by atoms with Crippen LogP contribution in [-0.4, -0.2) is 12.1 Å². The monoisotopic (exact) mass is 252 g/mol. The second kappa shape index (κ2) is 6.38. The molecule has 0 radical (unpaired) electrons. The van der Waals surface area contributed by atoms with E-state index in [0.717, 1.165) is 23.7 Å². The standard InChI is InChI=1S/C16H32N2/c1-3-12-9-16(18)10-14(12)8-11(2)13-4-6-15(17)7-5-13/h11-16H,3-10,17-18H2,1-2H3/t11?,12-,13?,14?,15?,16+/m1/s1. The first-order valence-electron chi connectivity index (χ1n) is 8.11. The molecule has 0 amide bonds. The van der Waals surface area contributed by atoms with Crippen LogP contribution >= 0.6 is 0 Å². The number of hydrogen-bond acceptors (Lipinski definition) is 2. The second-order valence-electron chi connectivity index (χ2n) is 7.05. The first-order chi connectivity index (χ1) is 8.60. The summed E-state index contributed by atoms with van der Waals surface area (Å²) in [5, 5.41) is 0.